The molecule has 24 heavy (non-hydrogen) atoms. The van der Waals surface area contributed by atoms with E-state index in [1.54, 1.807) is 31.6 Å². The molecule has 0 fully saturated rings. The van der Waals surface area contributed by atoms with Crippen molar-refractivity contribution in [3.8, 4) is 11.5 Å². The quantitative estimate of drug-likeness (QED) is 0.790. The van der Waals surface area contributed by atoms with E-state index in [9.17, 15) is 4.79 Å². The minimum absolute atomic E-state index is 0.0288. The monoisotopic (exact) mass is 343 g/mol. The lowest BCUT2D eigenvalue weighted by atomic mass is 10.0. The third kappa shape index (κ3) is 3.31. The predicted octanol–water partition coefficient (Wildman–Crippen LogP) is 3.92. The number of amides is 1. The fraction of sp³-hybridized carbons (Fsp3) is 0.316. The highest BCUT2D eigenvalue weighted by Gasteiger charge is 2.26. The molecule has 1 aliphatic rings. The smallest absolute Gasteiger partial charge is 0.247 e. The van der Waals surface area contributed by atoms with Crippen LogP contribution in [0.15, 0.2) is 35.7 Å². The average molecular weight is 343 g/mol. The van der Waals surface area contributed by atoms with Gasteiger partial charge < -0.3 is 14.4 Å². The number of fused-ring (bicyclic) bond motifs is 1. The van der Waals surface area contributed by atoms with E-state index in [-0.39, 0.29) is 11.9 Å². The fourth-order valence-electron chi connectivity index (χ4n) is 3.00. The number of carbonyl (C=O) groups is 1. The van der Waals surface area contributed by atoms with Gasteiger partial charge in [-0.2, -0.15) is 0 Å². The normalized spacial score (nSPS) is 17.0. The highest BCUT2D eigenvalue weighted by molar-refractivity contribution is 7.10. The van der Waals surface area contributed by atoms with E-state index in [1.807, 2.05) is 29.2 Å². The summed E-state index contributed by atoms with van der Waals surface area (Å²) in [5.41, 5.74) is 2.15. The minimum Gasteiger partial charge on any atom is -0.497 e. The van der Waals surface area contributed by atoms with Gasteiger partial charge in [-0.15, -0.1) is 11.3 Å². The van der Waals surface area contributed by atoms with E-state index in [0.29, 0.717) is 11.5 Å². The second-order valence-corrected chi connectivity index (χ2v) is 6.74. The molecule has 0 saturated carbocycles. The van der Waals surface area contributed by atoms with Crippen LogP contribution >= 0.6 is 11.3 Å². The maximum Gasteiger partial charge on any atom is 0.247 e. The van der Waals surface area contributed by atoms with Crippen molar-refractivity contribution in [1.82, 2.24) is 4.90 Å². The number of hydrogen-bond donors (Lipinski definition) is 0. The Morgan fingerprint density at radius 1 is 1.25 bits per heavy atom. The summed E-state index contributed by atoms with van der Waals surface area (Å²) in [4.78, 5) is 15.9. The molecule has 1 amide bonds. The van der Waals surface area contributed by atoms with Gasteiger partial charge in [0, 0.05) is 23.6 Å². The van der Waals surface area contributed by atoms with Gasteiger partial charge in [0.25, 0.3) is 0 Å². The Labute approximate surface area is 146 Å². The maximum atomic E-state index is 12.6. The van der Waals surface area contributed by atoms with Crippen molar-refractivity contribution in [3.05, 3.63) is 51.7 Å². The lowest BCUT2D eigenvalue weighted by molar-refractivity contribution is -0.128. The van der Waals surface area contributed by atoms with E-state index in [4.69, 9.17) is 9.47 Å². The van der Waals surface area contributed by atoms with Gasteiger partial charge in [0.15, 0.2) is 0 Å². The van der Waals surface area contributed by atoms with Crippen molar-refractivity contribution in [3.63, 3.8) is 0 Å². The molecule has 1 aromatic carbocycles. The average Bonchev–Trinajstić information content (AvgIpc) is 3.09. The zero-order valence-corrected chi connectivity index (χ0v) is 14.9. The summed E-state index contributed by atoms with van der Waals surface area (Å²) in [6.45, 7) is 2.85. The second-order valence-electron chi connectivity index (χ2n) is 5.74. The molecule has 0 N–H and O–H groups in total. The van der Waals surface area contributed by atoms with E-state index in [1.165, 1.54) is 10.4 Å². The summed E-state index contributed by atoms with van der Waals surface area (Å²) < 4.78 is 10.5. The van der Waals surface area contributed by atoms with Crippen LogP contribution in [0.4, 0.5) is 0 Å². The molecule has 5 heteroatoms. The number of carbonyl (C=O) groups excluding carboxylic acids is 1. The molecule has 1 aromatic heterocycles. The first-order valence-corrected chi connectivity index (χ1v) is 8.78. The molecule has 0 radical (unpaired) electrons. The molecule has 2 aromatic rings. The van der Waals surface area contributed by atoms with E-state index in [0.717, 1.165) is 18.5 Å². The molecular formula is C19H21NO3S. The number of thiophene rings is 1. The van der Waals surface area contributed by atoms with Crippen LogP contribution in [0, 0.1) is 0 Å². The maximum absolute atomic E-state index is 12.6. The SMILES string of the molecule is COc1cc(/C=C/C(=O)N2CCc3sccc3[C@@H]2C)cc(OC)c1. The van der Waals surface area contributed by atoms with Gasteiger partial charge in [0.2, 0.25) is 5.91 Å². The minimum atomic E-state index is 0.0288. The Morgan fingerprint density at radius 2 is 1.96 bits per heavy atom. The molecule has 2 heterocycles. The first-order chi connectivity index (χ1) is 11.6. The van der Waals surface area contributed by atoms with Crippen LogP contribution < -0.4 is 9.47 Å². The molecule has 1 aliphatic heterocycles. The van der Waals surface area contributed by atoms with Gasteiger partial charge in [0.05, 0.1) is 20.3 Å². The third-order valence-corrected chi connectivity index (χ3v) is 5.35. The summed E-state index contributed by atoms with van der Waals surface area (Å²) in [6.07, 6.45) is 4.37. The van der Waals surface area contributed by atoms with Crippen molar-refractivity contribution in [2.75, 3.05) is 20.8 Å². The van der Waals surface area contributed by atoms with Crippen molar-refractivity contribution in [1.29, 1.82) is 0 Å². The molecule has 3 rings (SSSR count). The molecule has 0 unspecified atom stereocenters. The van der Waals surface area contributed by atoms with Crippen molar-refractivity contribution < 1.29 is 14.3 Å². The number of ether oxygens (including phenoxy) is 2. The second kappa shape index (κ2) is 7.09. The van der Waals surface area contributed by atoms with Crippen LogP contribution in [-0.4, -0.2) is 31.6 Å². The van der Waals surface area contributed by atoms with Gasteiger partial charge in [-0.05, 0) is 54.1 Å². The largest absolute Gasteiger partial charge is 0.497 e. The van der Waals surface area contributed by atoms with Crippen LogP contribution in [0.5, 0.6) is 11.5 Å². The summed E-state index contributed by atoms with van der Waals surface area (Å²) in [7, 11) is 3.22. The first-order valence-electron chi connectivity index (χ1n) is 7.90. The van der Waals surface area contributed by atoms with Gasteiger partial charge in [-0.3, -0.25) is 4.79 Å². The number of rotatable bonds is 4. The van der Waals surface area contributed by atoms with Crippen LogP contribution in [0.2, 0.25) is 0 Å². The molecule has 1 atom stereocenters. The zero-order chi connectivity index (χ0) is 17.1. The predicted molar refractivity (Wildman–Crippen MR) is 96.7 cm³/mol. The standard InChI is InChI=1S/C19H21NO3S/c1-13-17-7-9-24-18(17)6-8-20(13)19(21)5-4-14-10-15(22-2)12-16(11-14)23-3/h4-5,7,9-13H,6,8H2,1-3H3/b5-4+/t13-/m0/s1. The molecule has 0 aliphatic carbocycles. The Kier molecular flexibility index (Phi) is 4.90. The Hall–Kier alpha value is -2.27. The Bertz CT molecular complexity index is 743. The van der Waals surface area contributed by atoms with Gasteiger partial charge in [-0.1, -0.05) is 0 Å². The van der Waals surface area contributed by atoms with Crippen LogP contribution in [0.3, 0.4) is 0 Å². The topological polar surface area (TPSA) is 38.8 Å². The molecule has 0 saturated heterocycles. The number of hydrogen-bond acceptors (Lipinski definition) is 4. The van der Waals surface area contributed by atoms with Crippen LogP contribution in [-0.2, 0) is 11.2 Å². The molecule has 4 nitrogen and oxygen atoms in total. The lowest BCUT2D eigenvalue weighted by Gasteiger charge is -2.32. The number of methoxy groups -OCH3 is 2. The zero-order valence-electron chi connectivity index (χ0n) is 14.1. The van der Waals surface area contributed by atoms with Crippen molar-refractivity contribution >= 4 is 23.3 Å². The highest BCUT2D eigenvalue weighted by atomic mass is 32.1. The van der Waals surface area contributed by atoms with E-state index >= 15 is 0 Å². The van der Waals surface area contributed by atoms with Crippen LogP contribution in [0.1, 0.15) is 29.0 Å². The van der Waals surface area contributed by atoms with E-state index in [2.05, 4.69) is 18.4 Å². The third-order valence-electron chi connectivity index (χ3n) is 4.35. The summed E-state index contributed by atoms with van der Waals surface area (Å²) >= 11 is 1.78. The summed E-state index contributed by atoms with van der Waals surface area (Å²) in [5.74, 6) is 1.44. The van der Waals surface area contributed by atoms with Crippen molar-refractivity contribution in [2.24, 2.45) is 0 Å². The van der Waals surface area contributed by atoms with Gasteiger partial charge in [0.1, 0.15) is 11.5 Å². The summed E-state index contributed by atoms with van der Waals surface area (Å²) in [6, 6.07) is 7.81. The Balaban J connectivity index is 1.76. The van der Waals surface area contributed by atoms with Gasteiger partial charge in [-0.25, -0.2) is 0 Å². The summed E-state index contributed by atoms with van der Waals surface area (Å²) in [5, 5.41) is 2.10. The number of nitrogens with zero attached hydrogens (tertiary/aromatic N) is 1. The number of benzene rings is 1. The first kappa shape index (κ1) is 16.6. The molecule has 0 spiro atoms. The molecule has 0 bridgehead atoms. The van der Waals surface area contributed by atoms with E-state index < -0.39 is 0 Å². The van der Waals surface area contributed by atoms with Crippen LogP contribution in [0.25, 0.3) is 6.08 Å². The van der Waals surface area contributed by atoms with Gasteiger partial charge >= 0.3 is 0 Å². The molecular weight excluding hydrogens is 322 g/mol. The highest BCUT2D eigenvalue weighted by Crippen LogP contribution is 2.33. The Morgan fingerprint density at radius 3 is 2.62 bits per heavy atom. The lowest BCUT2D eigenvalue weighted by Crippen LogP contribution is -2.37. The fourth-order valence-corrected chi connectivity index (χ4v) is 3.96. The van der Waals surface area contributed by atoms with Crippen molar-refractivity contribution in [2.45, 2.75) is 19.4 Å². The molecule has 126 valence electrons.